The predicted molar refractivity (Wildman–Crippen MR) is 64.8 cm³/mol. The molecule has 15 heavy (non-hydrogen) atoms. The van der Waals surface area contributed by atoms with Gasteiger partial charge in [0.05, 0.1) is 19.6 Å². The van der Waals surface area contributed by atoms with Gasteiger partial charge in [0, 0.05) is 11.8 Å². The normalized spacial score (nSPS) is 11.7. The zero-order valence-corrected chi connectivity index (χ0v) is 10.6. The van der Waals surface area contributed by atoms with Gasteiger partial charge in [-0.1, -0.05) is 11.6 Å². The summed E-state index contributed by atoms with van der Waals surface area (Å²) in [7, 11) is 0. The SMILES string of the molecule is CC[N+](CC)(CC)Cc1ccc(Cl)nc1. The number of pyridine rings is 1. The van der Waals surface area contributed by atoms with E-state index in [4.69, 9.17) is 11.6 Å². The minimum absolute atomic E-state index is 0.571. The molecule has 0 radical (unpaired) electrons. The summed E-state index contributed by atoms with van der Waals surface area (Å²) in [5.74, 6) is 0. The van der Waals surface area contributed by atoms with E-state index in [1.165, 1.54) is 5.56 Å². The Morgan fingerprint density at radius 3 is 2.13 bits per heavy atom. The first-order valence-corrected chi connectivity index (χ1v) is 5.99. The van der Waals surface area contributed by atoms with Crippen LogP contribution in [0.15, 0.2) is 18.3 Å². The van der Waals surface area contributed by atoms with Gasteiger partial charge in [-0.3, -0.25) is 0 Å². The van der Waals surface area contributed by atoms with Crippen LogP contribution in [0.25, 0.3) is 0 Å². The summed E-state index contributed by atoms with van der Waals surface area (Å²) >= 11 is 5.77. The number of halogens is 1. The summed E-state index contributed by atoms with van der Waals surface area (Å²) in [6.45, 7) is 11.3. The molecule has 84 valence electrons. The van der Waals surface area contributed by atoms with Crippen molar-refractivity contribution < 1.29 is 4.48 Å². The van der Waals surface area contributed by atoms with Gasteiger partial charge < -0.3 is 4.48 Å². The van der Waals surface area contributed by atoms with E-state index in [9.17, 15) is 0 Å². The zero-order valence-electron chi connectivity index (χ0n) is 9.83. The van der Waals surface area contributed by atoms with E-state index in [1.807, 2.05) is 12.3 Å². The van der Waals surface area contributed by atoms with Crippen LogP contribution in [0.4, 0.5) is 0 Å². The summed E-state index contributed by atoms with van der Waals surface area (Å²) in [6.07, 6.45) is 1.89. The first-order chi connectivity index (χ1) is 7.15. The van der Waals surface area contributed by atoms with Crippen molar-refractivity contribution in [3.63, 3.8) is 0 Å². The zero-order chi connectivity index (χ0) is 11.3. The van der Waals surface area contributed by atoms with E-state index in [1.54, 1.807) is 0 Å². The highest BCUT2D eigenvalue weighted by molar-refractivity contribution is 6.29. The van der Waals surface area contributed by atoms with Gasteiger partial charge in [0.2, 0.25) is 0 Å². The molecular formula is C12H20ClN2+. The first kappa shape index (κ1) is 12.5. The lowest BCUT2D eigenvalue weighted by molar-refractivity contribution is -0.936. The van der Waals surface area contributed by atoms with E-state index in [0.717, 1.165) is 30.7 Å². The van der Waals surface area contributed by atoms with Crippen molar-refractivity contribution in [1.29, 1.82) is 0 Å². The van der Waals surface area contributed by atoms with Crippen molar-refractivity contribution in [2.75, 3.05) is 19.6 Å². The second kappa shape index (κ2) is 5.47. The van der Waals surface area contributed by atoms with Crippen LogP contribution in [-0.4, -0.2) is 29.1 Å². The van der Waals surface area contributed by atoms with Crippen molar-refractivity contribution in [2.45, 2.75) is 27.3 Å². The fourth-order valence-electron chi connectivity index (χ4n) is 1.89. The highest BCUT2D eigenvalue weighted by atomic mass is 35.5. The molecule has 0 unspecified atom stereocenters. The number of rotatable bonds is 5. The van der Waals surface area contributed by atoms with Crippen molar-refractivity contribution in [3.05, 3.63) is 29.0 Å². The lowest BCUT2D eigenvalue weighted by Crippen LogP contribution is -2.46. The van der Waals surface area contributed by atoms with Crippen molar-refractivity contribution in [3.8, 4) is 0 Å². The summed E-state index contributed by atoms with van der Waals surface area (Å²) < 4.78 is 1.11. The quantitative estimate of drug-likeness (QED) is 0.557. The van der Waals surface area contributed by atoms with E-state index in [0.29, 0.717) is 5.15 Å². The molecule has 0 aromatic carbocycles. The molecule has 1 aromatic rings. The van der Waals surface area contributed by atoms with Crippen molar-refractivity contribution in [2.24, 2.45) is 0 Å². The second-order valence-electron chi connectivity index (χ2n) is 3.94. The van der Waals surface area contributed by atoms with Crippen LogP contribution >= 0.6 is 11.6 Å². The third kappa shape index (κ3) is 3.18. The van der Waals surface area contributed by atoms with Crippen LogP contribution in [0.3, 0.4) is 0 Å². The molecule has 0 fully saturated rings. The van der Waals surface area contributed by atoms with Gasteiger partial charge in [-0.05, 0) is 32.9 Å². The Morgan fingerprint density at radius 2 is 1.73 bits per heavy atom. The molecule has 2 nitrogen and oxygen atoms in total. The number of hydrogen-bond acceptors (Lipinski definition) is 1. The Morgan fingerprint density at radius 1 is 1.13 bits per heavy atom. The molecule has 0 saturated heterocycles. The average Bonchev–Trinajstić information content (AvgIpc) is 2.29. The fourth-order valence-corrected chi connectivity index (χ4v) is 2.01. The molecule has 0 aliphatic rings. The van der Waals surface area contributed by atoms with Gasteiger partial charge >= 0.3 is 0 Å². The van der Waals surface area contributed by atoms with Crippen molar-refractivity contribution >= 4 is 11.6 Å². The van der Waals surface area contributed by atoms with Gasteiger partial charge in [-0.2, -0.15) is 0 Å². The van der Waals surface area contributed by atoms with Crippen molar-refractivity contribution in [1.82, 2.24) is 4.98 Å². The number of aromatic nitrogens is 1. The van der Waals surface area contributed by atoms with E-state index >= 15 is 0 Å². The molecule has 1 aromatic heterocycles. The molecule has 1 rings (SSSR count). The number of hydrogen-bond donors (Lipinski definition) is 0. The van der Waals surface area contributed by atoms with Crippen LogP contribution in [0, 0.1) is 0 Å². The molecular weight excluding hydrogens is 208 g/mol. The molecule has 1 heterocycles. The van der Waals surface area contributed by atoms with Gasteiger partial charge in [0.25, 0.3) is 0 Å². The Kier molecular flexibility index (Phi) is 4.55. The Balaban J connectivity index is 2.78. The van der Waals surface area contributed by atoms with Gasteiger partial charge in [0.15, 0.2) is 0 Å². The predicted octanol–water partition coefficient (Wildman–Crippen LogP) is 3.11. The summed E-state index contributed by atoms with van der Waals surface area (Å²) in [4.78, 5) is 4.12. The molecule has 0 atom stereocenters. The van der Waals surface area contributed by atoms with Gasteiger partial charge in [-0.25, -0.2) is 4.98 Å². The maximum atomic E-state index is 5.77. The molecule has 0 saturated carbocycles. The van der Waals surface area contributed by atoms with Gasteiger partial charge in [-0.15, -0.1) is 0 Å². The van der Waals surface area contributed by atoms with Crippen LogP contribution in [-0.2, 0) is 6.54 Å². The Labute approximate surface area is 97.5 Å². The van der Waals surface area contributed by atoms with E-state index in [-0.39, 0.29) is 0 Å². The monoisotopic (exact) mass is 227 g/mol. The Hall–Kier alpha value is -0.600. The Bertz CT molecular complexity index is 283. The maximum Gasteiger partial charge on any atom is 0.129 e. The third-order valence-electron chi connectivity index (χ3n) is 3.32. The molecule has 0 spiro atoms. The summed E-state index contributed by atoms with van der Waals surface area (Å²) in [5, 5.41) is 0.571. The first-order valence-electron chi connectivity index (χ1n) is 5.61. The van der Waals surface area contributed by atoms with Crippen LogP contribution in [0.5, 0.6) is 0 Å². The molecule has 3 heteroatoms. The van der Waals surface area contributed by atoms with Crippen LogP contribution in [0.1, 0.15) is 26.3 Å². The smallest absolute Gasteiger partial charge is 0.129 e. The second-order valence-corrected chi connectivity index (χ2v) is 4.32. The molecule has 0 aliphatic heterocycles. The number of nitrogens with zero attached hydrogens (tertiary/aromatic N) is 2. The third-order valence-corrected chi connectivity index (χ3v) is 3.54. The van der Waals surface area contributed by atoms with E-state index in [2.05, 4.69) is 31.8 Å². The van der Waals surface area contributed by atoms with E-state index < -0.39 is 0 Å². The lowest BCUT2D eigenvalue weighted by atomic mass is 10.2. The van der Waals surface area contributed by atoms with Crippen LogP contribution < -0.4 is 0 Å². The standard InChI is InChI=1S/C12H20ClN2/c1-4-15(5-2,6-3)10-11-7-8-12(13)14-9-11/h7-9H,4-6,10H2,1-3H3/q+1. The molecule has 0 aliphatic carbocycles. The fraction of sp³-hybridized carbons (Fsp3) is 0.583. The molecule has 0 bridgehead atoms. The average molecular weight is 228 g/mol. The number of quaternary nitrogens is 1. The molecule has 0 amide bonds. The topological polar surface area (TPSA) is 12.9 Å². The maximum absolute atomic E-state index is 5.77. The van der Waals surface area contributed by atoms with Gasteiger partial charge in [0.1, 0.15) is 11.7 Å². The summed E-state index contributed by atoms with van der Waals surface area (Å²) in [6, 6.07) is 3.94. The minimum Gasteiger partial charge on any atom is -0.320 e. The molecule has 0 N–H and O–H groups in total. The van der Waals surface area contributed by atoms with Crippen LogP contribution in [0.2, 0.25) is 5.15 Å². The summed E-state index contributed by atoms with van der Waals surface area (Å²) in [5.41, 5.74) is 1.27. The highest BCUT2D eigenvalue weighted by Crippen LogP contribution is 2.14. The largest absolute Gasteiger partial charge is 0.320 e. The lowest BCUT2D eigenvalue weighted by Gasteiger charge is -2.35. The highest BCUT2D eigenvalue weighted by Gasteiger charge is 2.20. The minimum atomic E-state index is 0.571.